The smallest absolute Gasteiger partial charge is 1.00 e. The zero-order chi connectivity index (χ0) is 8.08. The van der Waals surface area contributed by atoms with Gasteiger partial charge in [-0.15, -0.1) is 0 Å². The summed E-state index contributed by atoms with van der Waals surface area (Å²) >= 11 is 0. The van der Waals surface area contributed by atoms with Crippen LogP contribution < -0.4 is 35.3 Å². The molecule has 58 valence electrons. The minimum Gasteiger partial charge on any atom is -1.00 e. The van der Waals surface area contributed by atoms with Crippen molar-refractivity contribution in [3.8, 4) is 0 Å². The van der Waals surface area contributed by atoms with Crippen molar-refractivity contribution in [2.45, 2.75) is 0 Å². The largest absolute Gasteiger partial charge is 1.00 e. The predicted octanol–water partition coefficient (Wildman–Crippen LogP) is -5.87. The van der Waals surface area contributed by atoms with Gasteiger partial charge in [-0.1, -0.05) is 0 Å². The first-order valence-corrected chi connectivity index (χ1v) is 3.40. The number of primary amides is 1. The maximum absolute atomic E-state index is 8.78. The molecule has 0 aromatic rings. The summed E-state index contributed by atoms with van der Waals surface area (Å²) in [4.78, 5) is 38.1. The Hall–Kier alpha value is 0.327. The summed E-state index contributed by atoms with van der Waals surface area (Å²) in [7, 11) is -4.61. The van der Waals surface area contributed by atoms with E-state index < -0.39 is 15.1 Å². The molecule has 0 spiro atoms. The van der Waals surface area contributed by atoms with Crippen LogP contribution in [-0.2, 0) is 0 Å². The number of carbonyl (C=O) groups is 1. The van der Waals surface area contributed by atoms with E-state index in [1.165, 1.54) is 0 Å². The fourth-order valence-electron chi connectivity index (χ4n) is 0. The van der Waals surface area contributed by atoms with Crippen molar-refractivity contribution in [1.82, 2.24) is 0 Å². The van der Waals surface area contributed by atoms with Crippen LogP contribution in [0.3, 0.4) is 0 Å². The van der Waals surface area contributed by atoms with Crippen molar-refractivity contribution < 1.29 is 60.1 Å². The molecular formula is CH8NNaO6Si. The van der Waals surface area contributed by atoms with Crippen LogP contribution in [0.25, 0.3) is 0 Å². The number of nitrogens with two attached hydrogens (primary N) is 1. The van der Waals surface area contributed by atoms with Gasteiger partial charge in [0.2, 0.25) is 0 Å². The topological polar surface area (TPSA) is 144 Å². The van der Waals surface area contributed by atoms with Crippen LogP contribution in [0.5, 0.6) is 0 Å². The Labute approximate surface area is 81.0 Å². The van der Waals surface area contributed by atoms with E-state index in [-0.39, 0.29) is 31.0 Å². The molecule has 0 aliphatic carbocycles. The van der Waals surface area contributed by atoms with Crippen molar-refractivity contribution in [3.05, 3.63) is 0 Å². The standard InChI is InChI=1S/CH3NO2.Na.H4O4Si.H/c2-1(3)4;;1-5(2,3)4;/h2H2,(H,3,4);;1-4H;/q;+1;;-1. The molecule has 1 amide bonds. The van der Waals surface area contributed by atoms with Crippen LogP contribution in [0.4, 0.5) is 4.79 Å². The molecule has 0 aromatic heterocycles. The molecule has 0 fully saturated rings. The molecular weight excluding hydrogens is 173 g/mol. The molecule has 0 saturated carbocycles. The molecule has 0 bridgehead atoms. The van der Waals surface area contributed by atoms with Crippen LogP contribution in [0, 0.1) is 0 Å². The van der Waals surface area contributed by atoms with Gasteiger partial charge in [0.1, 0.15) is 0 Å². The molecule has 0 heterocycles. The molecule has 0 saturated heterocycles. The zero-order valence-corrected chi connectivity index (χ0v) is 8.22. The maximum Gasteiger partial charge on any atom is 1.00 e. The second-order valence-corrected chi connectivity index (χ2v) is 2.14. The minimum absolute atomic E-state index is 0. The Morgan fingerprint density at radius 2 is 1.30 bits per heavy atom. The first-order valence-electron chi connectivity index (χ1n) is 1.61. The second-order valence-electron chi connectivity index (χ2n) is 0.938. The summed E-state index contributed by atoms with van der Waals surface area (Å²) in [5.41, 5.74) is 4.03. The normalized spacial score (nSPS) is 8.40. The van der Waals surface area contributed by atoms with Crippen LogP contribution >= 0.6 is 0 Å². The van der Waals surface area contributed by atoms with Crippen LogP contribution in [0.2, 0.25) is 0 Å². The fraction of sp³-hybridized carbons (Fsp3) is 0. The number of amides is 1. The first kappa shape index (κ1) is 16.7. The van der Waals surface area contributed by atoms with Crippen LogP contribution in [-0.4, -0.2) is 39.4 Å². The second kappa shape index (κ2) is 7.43. The monoisotopic (exact) mass is 181 g/mol. The minimum atomic E-state index is -4.61. The van der Waals surface area contributed by atoms with Gasteiger partial charge in [0.05, 0.1) is 0 Å². The first-order chi connectivity index (χ1) is 3.73. The Morgan fingerprint density at radius 3 is 1.30 bits per heavy atom. The Balaban J connectivity index is -0.0000000383. The van der Waals surface area contributed by atoms with E-state index in [2.05, 4.69) is 5.73 Å². The van der Waals surface area contributed by atoms with Crippen LogP contribution in [0.1, 0.15) is 1.43 Å². The van der Waals surface area contributed by atoms with Crippen LogP contribution in [0.15, 0.2) is 0 Å². The maximum atomic E-state index is 8.78. The van der Waals surface area contributed by atoms with E-state index in [4.69, 9.17) is 29.1 Å². The summed E-state index contributed by atoms with van der Waals surface area (Å²) in [6.07, 6.45) is -1.33. The van der Waals surface area contributed by atoms with Crippen molar-refractivity contribution in [1.29, 1.82) is 0 Å². The third-order valence-corrected chi connectivity index (χ3v) is 0. The van der Waals surface area contributed by atoms with Gasteiger partial charge in [0.25, 0.3) is 0 Å². The summed E-state index contributed by atoms with van der Waals surface area (Å²) < 4.78 is 0. The number of rotatable bonds is 0. The van der Waals surface area contributed by atoms with E-state index >= 15 is 0 Å². The quantitative estimate of drug-likeness (QED) is 0.205. The van der Waals surface area contributed by atoms with Crippen molar-refractivity contribution >= 4 is 15.1 Å². The Morgan fingerprint density at radius 1 is 1.30 bits per heavy atom. The zero-order valence-electron chi connectivity index (χ0n) is 6.22. The van der Waals surface area contributed by atoms with E-state index in [9.17, 15) is 0 Å². The molecule has 10 heavy (non-hydrogen) atoms. The molecule has 0 unspecified atom stereocenters. The molecule has 7 N–H and O–H groups in total. The molecule has 0 aliphatic rings. The number of carboxylic acid groups (broad SMARTS) is 1. The van der Waals surface area contributed by atoms with E-state index in [1.54, 1.807) is 0 Å². The van der Waals surface area contributed by atoms with Gasteiger partial charge < -0.3 is 31.4 Å². The summed E-state index contributed by atoms with van der Waals surface area (Å²) in [5.74, 6) is 0. The van der Waals surface area contributed by atoms with Gasteiger partial charge in [-0.25, -0.2) is 4.79 Å². The van der Waals surface area contributed by atoms with Crippen molar-refractivity contribution in [2.24, 2.45) is 5.73 Å². The average Bonchev–Trinajstić information content (AvgIpc) is 1.19. The molecule has 0 atom stereocenters. The fourth-order valence-corrected chi connectivity index (χ4v) is 0. The van der Waals surface area contributed by atoms with Gasteiger partial charge in [-0.2, -0.15) is 0 Å². The third kappa shape index (κ3) is 4180. The van der Waals surface area contributed by atoms with E-state index in [1.807, 2.05) is 0 Å². The van der Waals surface area contributed by atoms with Crippen molar-refractivity contribution in [3.63, 3.8) is 0 Å². The van der Waals surface area contributed by atoms with Gasteiger partial charge in [0, 0.05) is 0 Å². The SMILES string of the molecule is NC(=O)O.O[Si](O)(O)O.[H-].[Na+]. The van der Waals surface area contributed by atoms with E-state index in [0.29, 0.717) is 0 Å². The average molecular weight is 181 g/mol. The van der Waals surface area contributed by atoms with Crippen molar-refractivity contribution in [2.75, 3.05) is 0 Å². The van der Waals surface area contributed by atoms with Gasteiger partial charge in [-0.3, -0.25) is 0 Å². The van der Waals surface area contributed by atoms with Gasteiger partial charge in [-0.05, 0) is 0 Å². The predicted molar refractivity (Wildman–Crippen MR) is 28.0 cm³/mol. The Kier molecular flexibility index (Phi) is 12.4. The van der Waals surface area contributed by atoms with Gasteiger partial charge >= 0.3 is 44.7 Å². The van der Waals surface area contributed by atoms with Gasteiger partial charge in [0.15, 0.2) is 0 Å². The van der Waals surface area contributed by atoms with E-state index in [0.717, 1.165) is 0 Å². The number of hydrogen-bond acceptors (Lipinski definition) is 5. The summed E-state index contributed by atoms with van der Waals surface area (Å²) in [6.45, 7) is 0. The molecule has 0 aromatic carbocycles. The molecule has 9 heteroatoms. The molecule has 7 nitrogen and oxygen atoms in total. The molecule has 0 rings (SSSR count). The third-order valence-electron chi connectivity index (χ3n) is 0. The summed E-state index contributed by atoms with van der Waals surface area (Å²) in [6, 6.07) is 0. The molecule has 0 aliphatic heterocycles. The summed E-state index contributed by atoms with van der Waals surface area (Å²) in [5, 5.41) is 7.19. The number of hydrogen-bond donors (Lipinski definition) is 6. The molecule has 0 radical (unpaired) electrons. The Bertz CT molecular complexity index is 85.1.